The van der Waals surface area contributed by atoms with Crippen LogP contribution in [-0.4, -0.2) is 42.2 Å². The Balaban J connectivity index is 2.49. The number of nitrogens with one attached hydrogen (secondary N) is 1. The number of amides is 1. The Bertz CT molecular complexity index is 430. The van der Waals surface area contributed by atoms with Gasteiger partial charge >= 0.3 is 0 Å². The SMILES string of the molecule is Cc1cccc(NC(=O)CN(C)CCC(C)O)c1C. The maximum atomic E-state index is 11.9. The topological polar surface area (TPSA) is 52.6 Å². The van der Waals surface area contributed by atoms with Gasteiger partial charge in [0.2, 0.25) is 5.91 Å². The maximum Gasteiger partial charge on any atom is 0.238 e. The summed E-state index contributed by atoms with van der Waals surface area (Å²) in [4.78, 5) is 13.8. The molecule has 0 aliphatic rings. The molecule has 0 radical (unpaired) electrons. The number of aryl methyl sites for hydroxylation is 1. The highest BCUT2D eigenvalue weighted by Crippen LogP contribution is 2.17. The van der Waals surface area contributed by atoms with E-state index in [0.717, 1.165) is 11.3 Å². The van der Waals surface area contributed by atoms with Crippen LogP contribution in [0.3, 0.4) is 0 Å². The minimum Gasteiger partial charge on any atom is -0.393 e. The molecule has 0 fully saturated rings. The normalized spacial score (nSPS) is 12.5. The lowest BCUT2D eigenvalue weighted by atomic mass is 10.1. The Labute approximate surface area is 115 Å². The van der Waals surface area contributed by atoms with Crippen LogP contribution in [0.25, 0.3) is 0 Å². The highest BCUT2D eigenvalue weighted by Gasteiger charge is 2.09. The number of likely N-dealkylation sites (N-methyl/N-ethyl adjacent to an activating group) is 1. The molecule has 1 unspecified atom stereocenters. The summed E-state index contributed by atoms with van der Waals surface area (Å²) in [6, 6.07) is 5.88. The van der Waals surface area contributed by atoms with E-state index in [0.29, 0.717) is 19.5 Å². The van der Waals surface area contributed by atoms with Crippen LogP contribution >= 0.6 is 0 Å². The lowest BCUT2D eigenvalue weighted by molar-refractivity contribution is -0.117. The molecule has 4 heteroatoms. The van der Waals surface area contributed by atoms with Gasteiger partial charge in [0.15, 0.2) is 0 Å². The van der Waals surface area contributed by atoms with E-state index in [9.17, 15) is 9.90 Å². The van der Waals surface area contributed by atoms with Gasteiger partial charge in [0, 0.05) is 12.2 Å². The first-order valence-electron chi connectivity index (χ1n) is 6.63. The third-order valence-corrected chi connectivity index (χ3v) is 3.22. The number of anilines is 1. The van der Waals surface area contributed by atoms with E-state index in [1.165, 1.54) is 5.56 Å². The lowest BCUT2D eigenvalue weighted by Crippen LogP contribution is -2.32. The summed E-state index contributed by atoms with van der Waals surface area (Å²) in [5.74, 6) is -0.0261. The summed E-state index contributed by atoms with van der Waals surface area (Å²) in [6.45, 7) is 6.82. The summed E-state index contributed by atoms with van der Waals surface area (Å²) < 4.78 is 0. The molecule has 0 aliphatic carbocycles. The molecule has 1 amide bonds. The van der Waals surface area contributed by atoms with Gasteiger partial charge in [-0.15, -0.1) is 0 Å². The highest BCUT2D eigenvalue weighted by atomic mass is 16.3. The van der Waals surface area contributed by atoms with Gasteiger partial charge in [0.1, 0.15) is 0 Å². The first-order valence-corrected chi connectivity index (χ1v) is 6.63. The molecule has 0 bridgehead atoms. The van der Waals surface area contributed by atoms with Crippen molar-refractivity contribution in [1.29, 1.82) is 0 Å². The van der Waals surface area contributed by atoms with Crippen molar-refractivity contribution in [3.8, 4) is 0 Å². The van der Waals surface area contributed by atoms with E-state index in [2.05, 4.69) is 5.32 Å². The Morgan fingerprint density at radius 3 is 2.74 bits per heavy atom. The first kappa shape index (κ1) is 15.7. The maximum absolute atomic E-state index is 11.9. The smallest absolute Gasteiger partial charge is 0.238 e. The molecule has 0 aliphatic heterocycles. The third-order valence-electron chi connectivity index (χ3n) is 3.22. The molecule has 0 saturated heterocycles. The highest BCUT2D eigenvalue weighted by molar-refractivity contribution is 5.93. The minimum atomic E-state index is -0.329. The minimum absolute atomic E-state index is 0.0261. The number of rotatable bonds is 6. The molecular formula is C15H24N2O2. The molecule has 1 atom stereocenters. The average Bonchev–Trinajstić information content (AvgIpc) is 2.32. The second kappa shape index (κ2) is 7.26. The molecule has 1 aromatic rings. The number of nitrogens with zero attached hydrogens (tertiary/aromatic N) is 1. The van der Waals surface area contributed by atoms with Crippen molar-refractivity contribution in [2.24, 2.45) is 0 Å². The number of hydrogen-bond acceptors (Lipinski definition) is 3. The van der Waals surface area contributed by atoms with E-state index in [-0.39, 0.29) is 12.0 Å². The number of aliphatic hydroxyl groups excluding tert-OH is 1. The van der Waals surface area contributed by atoms with E-state index in [1.807, 2.05) is 44.0 Å². The molecule has 1 aromatic carbocycles. The van der Waals surface area contributed by atoms with Crippen molar-refractivity contribution in [2.75, 3.05) is 25.5 Å². The molecule has 106 valence electrons. The zero-order chi connectivity index (χ0) is 14.4. The van der Waals surface area contributed by atoms with Crippen molar-refractivity contribution in [1.82, 2.24) is 4.90 Å². The fourth-order valence-corrected chi connectivity index (χ4v) is 1.81. The van der Waals surface area contributed by atoms with Crippen LogP contribution in [-0.2, 0) is 4.79 Å². The van der Waals surface area contributed by atoms with Gasteiger partial charge in [-0.1, -0.05) is 12.1 Å². The van der Waals surface area contributed by atoms with E-state index < -0.39 is 0 Å². The van der Waals surface area contributed by atoms with Crippen LogP contribution in [0.2, 0.25) is 0 Å². The van der Waals surface area contributed by atoms with Gasteiger partial charge in [0.05, 0.1) is 12.6 Å². The summed E-state index contributed by atoms with van der Waals surface area (Å²) in [5, 5.41) is 12.1. The summed E-state index contributed by atoms with van der Waals surface area (Å²) in [6.07, 6.45) is 0.345. The van der Waals surface area contributed by atoms with Crippen LogP contribution in [0, 0.1) is 13.8 Å². The molecule has 0 heterocycles. The zero-order valence-electron chi connectivity index (χ0n) is 12.2. The predicted octanol–water partition coefficient (Wildman–Crippen LogP) is 1.94. The average molecular weight is 264 g/mol. The molecule has 1 rings (SSSR count). The van der Waals surface area contributed by atoms with Crippen LogP contribution in [0.5, 0.6) is 0 Å². The third kappa shape index (κ3) is 5.41. The van der Waals surface area contributed by atoms with Crippen molar-refractivity contribution in [3.63, 3.8) is 0 Å². The van der Waals surface area contributed by atoms with E-state index in [4.69, 9.17) is 0 Å². The summed E-state index contributed by atoms with van der Waals surface area (Å²) in [7, 11) is 1.88. The molecule has 0 saturated carbocycles. The summed E-state index contributed by atoms with van der Waals surface area (Å²) in [5.41, 5.74) is 3.14. The Kier molecular flexibility index (Phi) is 5.99. The predicted molar refractivity (Wildman–Crippen MR) is 78.3 cm³/mol. The van der Waals surface area contributed by atoms with Gasteiger partial charge in [-0.3, -0.25) is 9.69 Å². The summed E-state index contributed by atoms with van der Waals surface area (Å²) >= 11 is 0. The molecule has 19 heavy (non-hydrogen) atoms. The van der Waals surface area contributed by atoms with Crippen molar-refractivity contribution >= 4 is 11.6 Å². The number of carbonyl (C=O) groups is 1. The van der Waals surface area contributed by atoms with Crippen LogP contribution in [0.4, 0.5) is 5.69 Å². The van der Waals surface area contributed by atoms with Gasteiger partial charge in [0.25, 0.3) is 0 Å². The Hall–Kier alpha value is -1.39. The fourth-order valence-electron chi connectivity index (χ4n) is 1.81. The van der Waals surface area contributed by atoms with Gasteiger partial charge in [-0.2, -0.15) is 0 Å². The standard InChI is InChI=1S/C15H24N2O2/c1-11-6-5-7-14(13(11)3)16-15(19)10-17(4)9-8-12(2)18/h5-7,12,18H,8-10H2,1-4H3,(H,16,19). The molecule has 2 N–H and O–H groups in total. The van der Waals surface area contributed by atoms with Crippen LogP contribution in [0.1, 0.15) is 24.5 Å². The second-order valence-electron chi connectivity index (χ2n) is 5.17. The van der Waals surface area contributed by atoms with Gasteiger partial charge < -0.3 is 10.4 Å². The van der Waals surface area contributed by atoms with Crippen LogP contribution in [0.15, 0.2) is 18.2 Å². The Morgan fingerprint density at radius 2 is 2.11 bits per heavy atom. The Morgan fingerprint density at radius 1 is 1.42 bits per heavy atom. The van der Waals surface area contributed by atoms with Crippen LogP contribution < -0.4 is 5.32 Å². The first-order chi connectivity index (χ1) is 8.90. The zero-order valence-corrected chi connectivity index (χ0v) is 12.2. The molecule has 0 spiro atoms. The number of aliphatic hydroxyl groups is 1. The van der Waals surface area contributed by atoms with Crippen molar-refractivity contribution < 1.29 is 9.90 Å². The van der Waals surface area contributed by atoms with Crippen molar-refractivity contribution in [3.05, 3.63) is 29.3 Å². The molecule has 4 nitrogen and oxygen atoms in total. The number of hydrogen-bond donors (Lipinski definition) is 2. The molecule has 0 aromatic heterocycles. The van der Waals surface area contributed by atoms with E-state index in [1.54, 1.807) is 6.92 Å². The quantitative estimate of drug-likeness (QED) is 0.825. The molecular weight excluding hydrogens is 240 g/mol. The largest absolute Gasteiger partial charge is 0.393 e. The number of carbonyl (C=O) groups excluding carboxylic acids is 1. The van der Waals surface area contributed by atoms with E-state index >= 15 is 0 Å². The number of benzene rings is 1. The fraction of sp³-hybridized carbons (Fsp3) is 0.533. The second-order valence-corrected chi connectivity index (χ2v) is 5.17. The van der Waals surface area contributed by atoms with Gasteiger partial charge in [-0.05, 0) is 51.4 Å². The monoisotopic (exact) mass is 264 g/mol. The van der Waals surface area contributed by atoms with Crippen molar-refractivity contribution in [2.45, 2.75) is 33.3 Å². The van der Waals surface area contributed by atoms with Gasteiger partial charge in [-0.25, -0.2) is 0 Å². The lowest BCUT2D eigenvalue weighted by Gasteiger charge is -2.17.